The van der Waals surface area contributed by atoms with Crippen molar-refractivity contribution in [1.82, 2.24) is 0 Å². The highest BCUT2D eigenvalue weighted by Crippen LogP contribution is 2.34. The Labute approximate surface area is 124 Å². The summed E-state index contributed by atoms with van der Waals surface area (Å²) in [5.74, 6) is 1.01. The van der Waals surface area contributed by atoms with Gasteiger partial charge in [0.25, 0.3) is 0 Å². The van der Waals surface area contributed by atoms with Gasteiger partial charge in [0.05, 0.1) is 6.04 Å². The van der Waals surface area contributed by atoms with Gasteiger partial charge in [-0.05, 0) is 42.0 Å². The van der Waals surface area contributed by atoms with Crippen LogP contribution in [0.4, 0.5) is 0 Å². The minimum atomic E-state index is -0.0835. The van der Waals surface area contributed by atoms with Gasteiger partial charge in [0, 0.05) is 11.3 Å². The van der Waals surface area contributed by atoms with E-state index in [1.54, 1.807) is 11.8 Å². The van der Waals surface area contributed by atoms with Crippen molar-refractivity contribution >= 4 is 11.8 Å². The molecule has 0 amide bonds. The molecule has 2 aromatic carbocycles. The minimum Gasteiger partial charge on any atom is -0.490 e. The van der Waals surface area contributed by atoms with Gasteiger partial charge in [-0.3, -0.25) is 0 Å². The third-order valence-corrected chi connectivity index (χ3v) is 4.56. The molecule has 2 aromatic rings. The van der Waals surface area contributed by atoms with Crippen LogP contribution in [0, 0.1) is 0 Å². The van der Waals surface area contributed by atoms with E-state index in [-0.39, 0.29) is 12.1 Å². The summed E-state index contributed by atoms with van der Waals surface area (Å²) in [6.07, 6.45) is 3.33. The molecule has 0 aliphatic carbocycles. The van der Waals surface area contributed by atoms with Gasteiger partial charge in [0.1, 0.15) is 11.9 Å². The molecular weight excluding hydrogens is 266 g/mol. The molecule has 0 radical (unpaired) electrons. The van der Waals surface area contributed by atoms with Gasteiger partial charge >= 0.3 is 0 Å². The molecule has 2 nitrogen and oxygen atoms in total. The molecule has 20 heavy (non-hydrogen) atoms. The lowest BCUT2D eigenvalue weighted by Gasteiger charge is -2.16. The second-order valence-electron chi connectivity index (χ2n) is 5.22. The van der Waals surface area contributed by atoms with Crippen LogP contribution in [-0.2, 0) is 6.42 Å². The van der Waals surface area contributed by atoms with E-state index in [2.05, 4.69) is 49.6 Å². The van der Waals surface area contributed by atoms with E-state index in [0.717, 1.165) is 17.7 Å². The Balaban J connectivity index is 1.95. The van der Waals surface area contributed by atoms with Gasteiger partial charge in [-0.25, -0.2) is 0 Å². The lowest BCUT2D eigenvalue weighted by Crippen LogP contribution is -2.13. The maximum absolute atomic E-state index is 6.47. The van der Waals surface area contributed by atoms with Crippen LogP contribution in [0.5, 0.6) is 5.75 Å². The highest BCUT2D eigenvalue weighted by molar-refractivity contribution is 7.98. The van der Waals surface area contributed by atoms with E-state index in [0.29, 0.717) is 0 Å². The number of hydrogen-bond donors (Lipinski definition) is 1. The first kappa shape index (κ1) is 13.5. The number of fused-ring (bicyclic) bond motifs is 1. The topological polar surface area (TPSA) is 35.2 Å². The van der Waals surface area contributed by atoms with E-state index < -0.39 is 0 Å². The Kier molecular flexibility index (Phi) is 3.72. The smallest absolute Gasteiger partial charge is 0.123 e. The predicted octanol–water partition coefficient (Wildman–Crippen LogP) is 3.78. The molecule has 1 heterocycles. The summed E-state index contributed by atoms with van der Waals surface area (Å²) in [4.78, 5) is 1.24. The monoisotopic (exact) mass is 285 g/mol. The second kappa shape index (κ2) is 5.51. The predicted molar refractivity (Wildman–Crippen MR) is 84.5 cm³/mol. The van der Waals surface area contributed by atoms with Crippen molar-refractivity contribution in [2.75, 3.05) is 6.26 Å². The molecule has 0 aromatic heterocycles. The average molecular weight is 285 g/mol. The van der Waals surface area contributed by atoms with Crippen molar-refractivity contribution < 1.29 is 4.74 Å². The standard InChI is InChI=1S/C17H19NOS/c1-11-9-13-10-12(7-8-15(13)19-11)17(18)14-5-3-4-6-16(14)20-2/h3-8,10-11,17H,9,18H2,1-2H3. The zero-order chi connectivity index (χ0) is 14.1. The van der Waals surface area contributed by atoms with Crippen LogP contribution in [0.1, 0.15) is 29.7 Å². The summed E-state index contributed by atoms with van der Waals surface area (Å²) < 4.78 is 5.75. The van der Waals surface area contributed by atoms with E-state index in [1.807, 2.05) is 6.07 Å². The maximum Gasteiger partial charge on any atom is 0.123 e. The maximum atomic E-state index is 6.47. The summed E-state index contributed by atoms with van der Waals surface area (Å²) in [5, 5.41) is 0. The number of rotatable bonds is 3. The molecule has 0 fully saturated rings. The summed E-state index contributed by atoms with van der Waals surface area (Å²) in [6, 6.07) is 14.6. The van der Waals surface area contributed by atoms with Gasteiger partial charge in [-0.2, -0.15) is 0 Å². The summed E-state index contributed by atoms with van der Waals surface area (Å²) in [6.45, 7) is 2.10. The fourth-order valence-electron chi connectivity index (χ4n) is 2.74. The van der Waals surface area contributed by atoms with E-state index in [9.17, 15) is 0 Å². The highest BCUT2D eigenvalue weighted by atomic mass is 32.2. The molecule has 104 valence electrons. The largest absolute Gasteiger partial charge is 0.490 e. The Morgan fingerprint density at radius 3 is 2.85 bits per heavy atom. The molecule has 3 heteroatoms. The normalized spacial score (nSPS) is 18.4. The van der Waals surface area contributed by atoms with Crippen LogP contribution in [0.15, 0.2) is 47.4 Å². The van der Waals surface area contributed by atoms with Crippen LogP contribution < -0.4 is 10.5 Å². The van der Waals surface area contributed by atoms with Crippen molar-refractivity contribution in [3.05, 3.63) is 59.2 Å². The Bertz CT molecular complexity index is 626. The number of benzene rings is 2. The van der Waals surface area contributed by atoms with Crippen LogP contribution in [0.3, 0.4) is 0 Å². The molecule has 3 rings (SSSR count). The molecule has 0 bridgehead atoms. The third kappa shape index (κ3) is 2.43. The van der Waals surface area contributed by atoms with E-state index >= 15 is 0 Å². The number of hydrogen-bond acceptors (Lipinski definition) is 3. The van der Waals surface area contributed by atoms with Gasteiger partial charge in [0.15, 0.2) is 0 Å². The van der Waals surface area contributed by atoms with Crippen LogP contribution in [0.25, 0.3) is 0 Å². The fraction of sp³-hybridized carbons (Fsp3) is 0.294. The minimum absolute atomic E-state index is 0.0835. The Morgan fingerprint density at radius 2 is 2.05 bits per heavy atom. The van der Waals surface area contributed by atoms with E-state index in [4.69, 9.17) is 10.5 Å². The number of nitrogens with two attached hydrogens (primary N) is 1. The zero-order valence-corrected chi connectivity index (χ0v) is 12.6. The Hall–Kier alpha value is -1.45. The van der Waals surface area contributed by atoms with Crippen molar-refractivity contribution in [3.63, 3.8) is 0 Å². The Morgan fingerprint density at radius 1 is 1.25 bits per heavy atom. The zero-order valence-electron chi connectivity index (χ0n) is 11.8. The van der Waals surface area contributed by atoms with Crippen molar-refractivity contribution in [1.29, 1.82) is 0 Å². The van der Waals surface area contributed by atoms with Crippen molar-refractivity contribution in [2.45, 2.75) is 30.4 Å². The lowest BCUT2D eigenvalue weighted by atomic mass is 9.97. The molecule has 1 aliphatic heterocycles. The van der Waals surface area contributed by atoms with Crippen molar-refractivity contribution in [2.24, 2.45) is 5.73 Å². The lowest BCUT2D eigenvalue weighted by molar-refractivity contribution is 0.254. The molecule has 2 unspecified atom stereocenters. The number of thioether (sulfide) groups is 1. The summed E-state index contributed by atoms with van der Waals surface area (Å²) >= 11 is 1.74. The highest BCUT2D eigenvalue weighted by Gasteiger charge is 2.21. The molecule has 2 atom stereocenters. The molecule has 0 spiro atoms. The molecular formula is C17H19NOS. The average Bonchev–Trinajstić information content (AvgIpc) is 2.85. The molecule has 1 aliphatic rings. The first-order valence-corrected chi connectivity index (χ1v) is 8.09. The SMILES string of the molecule is CSc1ccccc1C(N)c1ccc2c(c1)CC(C)O2. The molecule has 2 N–H and O–H groups in total. The molecule has 0 saturated heterocycles. The van der Waals surface area contributed by atoms with Gasteiger partial charge in [-0.1, -0.05) is 30.3 Å². The third-order valence-electron chi connectivity index (χ3n) is 3.75. The quantitative estimate of drug-likeness (QED) is 0.872. The van der Waals surface area contributed by atoms with Crippen LogP contribution in [-0.4, -0.2) is 12.4 Å². The van der Waals surface area contributed by atoms with Gasteiger partial charge in [0.2, 0.25) is 0 Å². The van der Waals surface area contributed by atoms with Crippen LogP contribution in [0.2, 0.25) is 0 Å². The first-order valence-electron chi connectivity index (χ1n) is 6.87. The summed E-state index contributed by atoms with van der Waals surface area (Å²) in [5.41, 5.74) is 10.1. The van der Waals surface area contributed by atoms with Crippen molar-refractivity contribution in [3.8, 4) is 5.75 Å². The molecule has 0 saturated carbocycles. The van der Waals surface area contributed by atoms with Crippen LogP contribution >= 0.6 is 11.8 Å². The fourth-order valence-corrected chi connectivity index (χ4v) is 3.38. The van der Waals surface area contributed by atoms with Gasteiger partial charge in [-0.15, -0.1) is 11.8 Å². The van der Waals surface area contributed by atoms with E-state index in [1.165, 1.54) is 16.0 Å². The van der Waals surface area contributed by atoms with Gasteiger partial charge < -0.3 is 10.5 Å². The second-order valence-corrected chi connectivity index (χ2v) is 6.07. The summed E-state index contributed by atoms with van der Waals surface area (Å²) in [7, 11) is 0. The first-order chi connectivity index (χ1) is 9.69. The number of ether oxygens (including phenoxy) is 1.